The van der Waals surface area contributed by atoms with Crippen molar-refractivity contribution in [2.75, 3.05) is 18.4 Å². The van der Waals surface area contributed by atoms with Crippen molar-refractivity contribution in [3.63, 3.8) is 0 Å². The number of rotatable bonds is 6. The van der Waals surface area contributed by atoms with E-state index in [-0.39, 0.29) is 0 Å². The summed E-state index contributed by atoms with van der Waals surface area (Å²) in [6.45, 7) is 3.34. The summed E-state index contributed by atoms with van der Waals surface area (Å²) in [5.74, 6) is 1.59. The molecule has 5 rings (SSSR count). The molecule has 3 aromatic heterocycles. The zero-order chi connectivity index (χ0) is 21.9. The Balaban J connectivity index is 1.39. The van der Waals surface area contributed by atoms with Crippen LogP contribution in [0, 0.1) is 0 Å². The molecule has 1 aromatic carbocycles. The average Bonchev–Trinajstić information content (AvgIpc) is 3.21. The summed E-state index contributed by atoms with van der Waals surface area (Å²) >= 11 is 3.60. The van der Waals surface area contributed by atoms with Gasteiger partial charge in [-0.2, -0.15) is 9.61 Å². The molecule has 0 amide bonds. The number of hydrogen-bond donors (Lipinski definition) is 2. The van der Waals surface area contributed by atoms with Crippen LogP contribution in [0.1, 0.15) is 35.6 Å². The number of para-hydroxylation sites is 1. The number of aromatic nitrogens is 4. The second-order valence-corrected chi connectivity index (χ2v) is 9.07. The molecule has 7 nitrogen and oxygen atoms in total. The Labute approximate surface area is 195 Å². The van der Waals surface area contributed by atoms with Crippen LogP contribution in [-0.4, -0.2) is 42.7 Å². The fourth-order valence-electron chi connectivity index (χ4n) is 4.31. The van der Waals surface area contributed by atoms with Gasteiger partial charge in [0.2, 0.25) is 0 Å². The Morgan fingerprint density at radius 3 is 2.91 bits per heavy atom. The summed E-state index contributed by atoms with van der Waals surface area (Å²) in [6, 6.07) is 13.7. The highest BCUT2D eigenvalue weighted by molar-refractivity contribution is 9.10. The Hall–Kier alpha value is -2.97. The van der Waals surface area contributed by atoms with E-state index in [1.165, 1.54) is 0 Å². The number of halogens is 1. The first-order valence-corrected chi connectivity index (χ1v) is 11.6. The van der Waals surface area contributed by atoms with Crippen LogP contribution in [0.25, 0.3) is 5.65 Å². The smallest absolute Gasteiger partial charge is 0.171 e. The number of piperidine rings is 1. The number of pyridine rings is 1. The molecule has 1 fully saturated rings. The number of nitrogens with zero attached hydrogens (tertiary/aromatic N) is 5. The van der Waals surface area contributed by atoms with Crippen LogP contribution in [0.5, 0.6) is 5.75 Å². The minimum atomic E-state index is 0.320. The normalized spacial score (nSPS) is 17.0. The van der Waals surface area contributed by atoms with E-state index in [9.17, 15) is 5.11 Å². The zero-order valence-electron chi connectivity index (χ0n) is 17.7. The molecule has 0 saturated carbocycles. The van der Waals surface area contributed by atoms with Gasteiger partial charge in [-0.25, -0.2) is 4.98 Å². The van der Waals surface area contributed by atoms with Crippen molar-refractivity contribution in [3.8, 4) is 5.75 Å². The highest BCUT2D eigenvalue weighted by Gasteiger charge is 2.24. The van der Waals surface area contributed by atoms with E-state index in [1.54, 1.807) is 18.5 Å². The second-order valence-electron chi connectivity index (χ2n) is 8.21. The zero-order valence-corrected chi connectivity index (χ0v) is 19.2. The third-order valence-electron chi connectivity index (χ3n) is 5.95. The molecule has 8 heteroatoms. The maximum Gasteiger partial charge on any atom is 0.171 e. The van der Waals surface area contributed by atoms with Gasteiger partial charge in [-0.3, -0.25) is 9.88 Å². The van der Waals surface area contributed by atoms with Crippen molar-refractivity contribution in [1.82, 2.24) is 24.5 Å². The summed E-state index contributed by atoms with van der Waals surface area (Å²) < 4.78 is 2.72. The van der Waals surface area contributed by atoms with E-state index in [0.29, 0.717) is 18.2 Å². The van der Waals surface area contributed by atoms with Crippen molar-refractivity contribution in [2.45, 2.75) is 31.8 Å². The van der Waals surface area contributed by atoms with Gasteiger partial charge >= 0.3 is 0 Å². The second kappa shape index (κ2) is 9.26. The highest BCUT2D eigenvalue weighted by atomic mass is 79.9. The number of anilines is 1. The third kappa shape index (κ3) is 4.47. The molecule has 1 aliphatic heterocycles. The van der Waals surface area contributed by atoms with Gasteiger partial charge in [0.25, 0.3) is 0 Å². The number of phenols is 1. The fraction of sp³-hybridized carbons (Fsp3) is 0.292. The number of phenolic OH excluding ortho intramolecular Hbond substituents is 1. The van der Waals surface area contributed by atoms with E-state index in [0.717, 1.165) is 65.2 Å². The number of aromatic hydroxyl groups is 1. The first-order valence-electron chi connectivity index (χ1n) is 10.8. The van der Waals surface area contributed by atoms with E-state index >= 15 is 0 Å². The first-order chi connectivity index (χ1) is 15.7. The van der Waals surface area contributed by atoms with Crippen LogP contribution in [0.4, 0.5) is 5.82 Å². The van der Waals surface area contributed by atoms with Gasteiger partial charge in [-0.15, -0.1) is 0 Å². The number of likely N-dealkylation sites (tertiary alicyclic amines) is 1. The molecule has 164 valence electrons. The monoisotopic (exact) mass is 492 g/mol. The van der Waals surface area contributed by atoms with Crippen molar-refractivity contribution < 1.29 is 5.11 Å². The molecule has 32 heavy (non-hydrogen) atoms. The van der Waals surface area contributed by atoms with Crippen molar-refractivity contribution in [2.24, 2.45) is 0 Å². The van der Waals surface area contributed by atoms with E-state index < -0.39 is 0 Å². The van der Waals surface area contributed by atoms with Gasteiger partial charge in [-0.1, -0.05) is 24.3 Å². The SMILES string of the molecule is Oc1ccccc1CN1CCCC(c2cc(NCc3cccnc3)n3ncc(Br)c3n2)C1. The van der Waals surface area contributed by atoms with E-state index in [1.807, 2.05) is 35.0 Å². The Morgan fingerprint density at radius 2 is 2.06 bits per heavy atom. The minimum Gasteiger partial charge on any atom is -0.508 e. The van der Waals surface area contributed by atoms with Gasteiger partial charge in [0.05, 0.1) is 16.4 Å². The average molecular weight is 493 g/mol. The van der Waals surface area contributed by atoms with Crippen molar-refractivity contribution in [3.05, 3.63) is 82.3 Å². The maximum atomic E-state index is 10.2. The van der Waals surface area contributed by atoms with Crippen LogP contribution in [-0.2, 0) is 13.1 Å². The lowest BCUT2D eigenvalue weighted by atomic mass is 9.94. The summed E-state index contributed by atoms with van der Waals surface area (Å²) in [4.78, 5) is 11.6. The summed E-state index contributed by atoms with van der Waals surface area (Å²) in [5.41, 5.74) is 3.95. The van der Waals surface area contributed by atoms with Crippen LogP contribution in [0.2, 0.25) is 0 Å². The number of fused-ring (bicyclic) bond motifs is 1. The Bertz CT molecular complexity index is 1210. The van der Waals surface area contributed by atoms with Gasteiger partial charge in [-0.05, 0) is 53.0 Å². The van der Waals surface area contributed by atoms with Crippen LogP contribution in [0.3, 0.4) is 0 Å². The molecule has 2 N–H and O–H groups in total. The Kier molecular flexibility index (Phi) is 6.05. The Morgan fingerprint density at radius 1 is 1.16 bits per heavy atom. The third-order valence-corrected chi connectivity index (χ3v) is 6.51. The van der Waals surface area contributed by atoms with E-state index in [4.69, 9.17) is 4.98 Å². The quantitative estimate of drug-likeness (QED) is 0.410. The topological polar surface area (TPSA) is 78.6 Å². The lowest BCUT2D eigenvalue weighted by Gasteiger charge is -2.32. The highest BCUT2D eigenvalue weighted by Crippen LogP contribution is 2.31. The molecule has 1 atom stereocenters. The number of hydrogen-bond acceptors (Lipinski definition) is 6. The molecule has 1 aliphatic rings. The lowest BCUT2D eigenvalue weighted by Crippen LogP contribution is -2.34. The summed E-state index contributed by atoms with van der Waals surface area (Å²) in [6.07, 6.45) is 7.62. The molecular weight excluding hydrogens is 468 g/mol. The number of benzene rings is 1. The van der Waals surface area contributed by atoms with E-state index in [2.05, 4.69) is 48.4 Å². The first kappa shape index (κ1) is 20.9. The van der Waals surface area contributed by atoms with Gasteiger partial charge < -0.3 is 10.4 Å². The van der Waals surface area contributed by atoms with Crippen molar-refractivity contribution >= 4 is 27.4 Å². The predicted molar refractivity (Wildman–Crippen MR) is 128 cm³/mol. The largest absolute Gasteiger partial charge is 0.508 e. The van der Waals surface area contributed by atoms with Gasteiger partial charge in [0, 0.05) is 49.6 Å². The maximum absolute atomic E-state index is 10.2. The minimum absolute atomic E-state index is 0.320. The molecule has 0 aliphatic carbocycles. The summed E-state index contributed by atoms with van der Waals surface area (Å²) in [5, 5.41) is 18.2. The van der Waals surface area contributed by atoms with Gasteiger partial charge in [0.1, 0.15) is 11.6 Å². The lowest BCUT2D eigenvalue weighted by molar-refractivity contribution is 0.196. The summed E-state index contributed by atoms with van der Waals surface area (Å²) in [7, 11) is 0. The molecule has 4 heterocycles. The van der Waals surface area contributed by atoms with Crippen LogP contribution in [0.15, 0.2) is 65.5 Å². The van der Waals surface area contributed by atoms with Crippen molar-refractivity contribution in [1.29, 1.82) is 0 Å². The van der Waals surface area contributed by atoms with Crippen LogP contribution >= 0.6 is 15.9 Å². The molecule has 0 radical (unpaired) electrons. The molecule has 0 spiro atoms. The molecule has 1 unspecified atom stereocenters. The number of nitrogens with one attached hydrogen (secondary N) is 1. The fourth-order valence-corrected chi connectivity index (χ4v) is 4.66. The molecular formula is C24H25BrN6O. The molecule has 1 saturated heterocycles. The predicted octanol–water partition coefficient (Wildman–Crippen LogP) is 4.58. The standard InChI is InChI=1S/C24H25BrN6O/c25-20-14-28-31-23(27-13-17-5-3-9-26-12-17)11-21(29-24(20)31)18-7-4-10-30(15-18)16-19-6-1-2-8-22(19)32/h1-3,5-6,8-9,11-12,14,18,27,32H,4,7,10,13,15-16H2. The molecule has 0 bridgehead atoms. The van der Waals surface area contributed by atoms with Gasteiger partial charge in [0.15, 0.2) is 5.65 Å². The molecule has 4 aromatic rings. The van der Waals surface area contributed by atoms with Crippen LogP contribution < -0.4 is 5.32 Å².